The van der Waals surface area contributed by atoms with Crippen LogP contribution in [0.15, 0.2) is 0 Å². The van der Waals surface area contributed by atoms with Crippen molar-refractivity contribution in [3.8, 4) is 0 Å². The second-order valence-electron chi connectivity index (χ2n) is 6.34. The predicted octanol–water partition coefficient (Wildman–Crippen LogP) is 2.32. The lowest BCUT2D eigenvalue weighted by molar-refractivity contribution is -0.133. The van der Waals surface area contributed by atoms with Crippen LogP contribution in [0.2, 0.25) is 0 Å². The second-order valence-corrected chi connectivity index (χ2v) is 7.57. The van der Waals surface area contributed by atoms with E-state index >= 15 is 0 Å². The van der Waals surface area contributed by atoms with E-state index in [2.05, 4.69) is 23.6 Å². The number of rotatable bonds is 4. The van der Waals surface area contributed by atoms with Crippen LogP contribution in [0.25, 0.3) is 0 Å². The predicted molar refractivity (Wildman–Crippen MR) is 82.5 cm³/mol. The normalized spacial score (nSPS) is 23.0. The van der Waals surface area contributed by atoms with Gasteiger partial charge in [0.2, 0.25) is 5.91 Å². The van der Waals surface area contributed by atoms with Crippen molar-refractivity contribution in [2.45, 2.75) is 33.1 Å². The molecule has 0 atom stereocenters. The fraction of sp³-hybridized carbons (Fsp3) is 0.933. The minimum Gasteiger partial charge on any atom is -0.342 e. The van der Waals surface area contributed by atoms with E-state index in [0.29, 0.717) is 12.5 Å². The highest BCUT2D eigenvalue weighted by Crippen LogP contribution is 2.24. The smallest absolute Gasteiger partial charge is 0.236 e. The maximum Gasteiger partial charge on any atom is 0.236 e. The molecule has 2 saturated heterocycles. The molecule has 0 N–H and O–H groups in total. The Morgan fingerprint density at radius 3 is 2.37 bits per heavy atom. The van der Waals surface area contributed by atoms with Crippen molar-refractivity contribution in [1.82, 2.24) is 9.80 Å². The molecule has 0 aromatic heterocycles. The molecule has 1 amide bonds. The highest BCUT2D eigenvalue weighted by atomic mass is 32.2. The summed E-state index contributed by atoms with van der Waals surface area (Å²) in [5.74, 6) is 4.36. The van der Waals surface area contributed by atoms with E-state index < -0.39 is 0 Å². The molecule has 3 nitrogen and oxygen atoms in total. The quantitative estimate of drug-likeness (QED) is 0.791. The molecule has 2 rings (SSSR count). The van der Waals surface area contributed by atoms with Crippen molar-refractivity contribution >= 4 is 17.7 Å². The number of thioether (sulfide) groups is 1. The number of nitrogens with zero attached hydrogens (tertiary/aromatic N) is 2. The summed E-state index contributed by atoms with van der Waals surface area (Å²) in [4.78, 5) is 16.7. The van der Waals surface area contributed by atoms with Crippen molar-refractivity contribution in [3.05, 3.63) is 0 Å². The summed E-state index contributed by atoms with van der Waals surface area (Å²) < 4.78 is 0. The monoisotopic (exact) mass is 284 g/mol. The van der Waals surface area contributed by atoms with Gasteiger partial charge in [0.15, 0.2) is 0 Å². The van der Waals surface area contributed by atoms with Gasteiger partial charge in [-0.15, -0.1) is 0 Å². The number of carbonyl (C=O) groups is 1. The Morgan fingerprint density at radius 1 is 1.16 bits per heavy atom. The van der Waals surface area contributed by atoms with E-state index in [1.807, 2.05) is 11.8 Å². The molecule has 4 heteroatoms. The lowest BCUT2D eigenvalue weighted by Gasteiger charge is -2.34. The average molecular weight is 284 g/mol. The maximum atomic E-state index is 12.3. The summed E-state index contributed by atoms with van der Waals surface area (Å²) in [5, 5.41) is 0. The zero-order valence-electron chi connectivity index (χ0n) is 12.4. The van der Waals surface area contributed by atoms with Crippen LogP contribution < -0.4 is 0 Å². The first kappa shape index (κ1) is 15.2. The van der Waals surface area contributed by atoms with E-state index in [0.717, 1.165) is 38.0 Å². The van der Waals surface area contributed by atoms with Crippen molar-refractivity contribution in [2.75, 3.05) is 44.2 Å². The minimum atomic E-state index is 0.356. The van der Waals surface area contributed by atoms with Crippen LogP contribution in [-0.4, -0.2) is 59.9 Å². The van der Waals surface area contributed by atoms with E-state index in [1.54, 1.807) is 0 Å². The highest BCUT2D eigenvalue weighted by Gasteiger charge is 2.24. The molecule has 2 aliphatic rings. The first-order valence-electron chi connectivity index (χ1n) is 7.73. The molecule has 2 aliphatic heterocycles. The highest BCUT2D eigenvalue weighted by molar-refractivity contribution is 7.99. The SMILES string of the molecule is CC(C)CC1CCN(C(=O)CN2CCSCC2)CC1. The van der Waals surface area contributed by atoms with Crippen LogP contribution in [0.1, 0.15) is 33.1 Å². The van der Waals surface area contributed by atoms with Gasteiger partial charge in [-0.2, -0.15) is 11.8 Å². The summed E-state index contributed by atoms with van der Waals surface area (Å²) in [6, 6.07) is 0. The third-order valence-electron chi connectivity index (χ3n) is 4.23. The van der Waals surface area contributed by atoms with E-state index in [1.165, 1.54) is 30.8 Å². The topological polar surface area (TPSA) is 23.6 Å². The Kier molecular flexibility index (Phi) is 6.02. The maximum absolute atomic E-state index is 12.3. The van der Waals surface area contributed by atoms with Crippen molar-refractivity contribution < 1.29 is 4.79 Å². The summed E-state index contributed by atoms with van der Waals surface area (Å²) in [5.41, 5.74) is 0. The summed E-state index contributed by atoms with van der Waals surface area (Å²) in [7, 11) is 0. The molecular weight excluding hydrogens is 256 g/mol. The van der Waals surface area contributed by atoms with Gasteiger partial charge in [-0.1, -0.05) is 13.8 Å². The lowest BCUT2D eigenvalue weighted by atomic mass is 9.88. The Hall–Kier alpha value is -0.220. The van der Waals surface area contributed by atoms with E-state index in [9.17, 15) is 4.79 Å². The fourth-order valence-corrected chi connectivity index (χ4v) is 4.11. The number of carbonyl (C=O) groups excluding carboxylic acids is 1. The van der Waals surface area contributed by atoms with Gasteiger partial charge in [0, 0.05) is 37.7 Å². The van der Waals surface area contributed by atoms with Crippen molar-refractivity contribution in [3.63, 3.8) is 0 Å². The number of piperidine rings is 1. The van der Waals surface area contributed by atoms with Gasteiger partial charge in [-0.3, -0.25) is 9.69 Å². The Bertz CT molecular complexity index is 282. The molecule has 19 heavy (non-hydrogen) atoms. The third-order valence-corrected chi connectivity index (χ3v) is 5.18. The summed E-state index contributed by atoms with van der Waals surface area (Å²) in [6.45, 7) is 9.38. The van der Waals surface area contributed by atoms with Crippen molar-refractivity contribution in [2.24, 2.45) is 11.8 Å². The van der Waals surface area contributed by atoms with Gasteiger partial charge >= 0.3 is 0 Å². The van der Waals surface area contributed by atoms with Gasteiger partial charge in [-0.25, -0.2) is 0 Å². The van der Waals surface area contributed by atoms with Gasteiger partial charge in [0.05, 0.1) is 6.54 Å². The molecule has 0 bridgehead atoms. The molecule has 0 radical (unpaired) electrons. The average Bonchev–Trinajstić information content (AvgIpc) is 2.40. The van der Waals surface area contributed by atoms with Crippen LogP contribution in [0, 0.1) is 11.8 Å². The van der Waals surface area contributed by atoms with Gasteiger partial charge < -0.3 is 4.90 Å². The molecule has 0 aliphatic carbocycles. The summed E-state index contributed by atoms with van der Waals surface area (Å²) in [6.07, 6.45) is 3.74. The first-order chi connectivity index (χ1) is 9.15. The Balaban J connectivity index is 1.69. The third kappa shape index (κ3) is 4.99. The number of hydrogen-bond donors (Lipinski definition) is 0. The number of amides is 1. The first-order valence-corrected chi connectivity index (χ1v) is 8.88. The molecule has 0 aromatic rings. The molecule has 0 saturated carbocycles. The Labute approximate surface area is 122 Å². The fourth-order valence-electron chi connectivity index (χ4n) is 3.14. The minimum absolute atomic E-state index is 0.356. The number of hydrogen-bond acceptors (Lipinski definition) is 3. The van der Waals surface area contributed by atoms with Crippen LogP contribution in [0.5, 0.6) is 0 Å². The molecular formula is C15H28N2OS. The molecule has 2 fully saturated rings. The zero-order chi connectivity index (χ0) is 13.7. The van der Waals surface area contributed by atoms with Crippen LogP contribution in [0.3, 0.4) is 0 Å². The van der Waals surface area contributed by atoms with Gasteiger partial charge in [0.25, 0.3) is 0 Å². The standard InChI is InChI=1S/C15H28N2OS/c1-13(2)11-14-3-5-17(6-4-14)15(18)12-16-7-9-19-10-8-16/h13-14H,3-12H2,1-2H3. The zero-order valence-corrected chi connectivity index (χ0v) is 13.3. The van der Waals surface area contributed by atoms with Gasteiger partial charge in [0.1, 0.15) is 0 Å². The van der Waals surface area contributed by atoms with Crippen molar-refractivity contribution in [1.29, 1.82) is 0 Å². The van der Waals surface area contributed by atoms with Crippen LogP contribution in [0.4, 0.5) is 0 Å². The largest absolute Gasteiger partial charge is 0.342 e. The molecule has 0 unspecified atom stereocenters. The molecule has 110 valence electrons. The number of likely N-dealkylation sites (tertiary alicyclic amines) is 1. The van der Waals surface area contributed by atoms with Gasteiger partial charge in [-0.05, 0) is 31.1 Å². The second kappa shape index (κ2) is 7.53. The van der Waals surface area contributed by atoms with Crippen LogP contribution >= 0.6 is 11.8 Å². The van der Waals surface area contributed by atoms with E-state index in [4.69, 9.17) is 0 Å². The molecule has 0 spiro atoms. The molecule has 2 heterocycles. The lowest BCUT2D eigenvalue weighted by Crippen LogP contribution is -2.46. The summed E-state index contributed by atoms with van der Waals surface area (Å²) >= 11 is 2.00. The van der Waals surface area contributed by atoms with E-state index in [-0.39, 0.29) is 0 Å². The molecule has 0 aromatic carbocycles. The Morgan fingerprint density at radius 2 is 1.79 bits per heavy atom. The van der Waals surface area contributed by atoms with Crippen LogP contribution in [-0.2, 0) is 4.79 Å².